The molecule has 1 heterocycles. The van der Waals surface area contributed by atoms with Gasteiger partial charge >= 0.3 is 241 Å². The van der Waals surface area contributed by atoms with E-state index in [9.17, 15) is 9.59 Å². The summed E-state index contributed by atoms with van der Waals surface area (Å²) < 4.78 is 18.1. The first-order valence-electron chi connectivity index (χ1n) is 13.2. The molecule has 0 amide bonds. The van der Waals surface area contributed by atoms with Crippen LogP contribution in [-0.4, -0.2) is 32.8 Å². The monoisotopic (exact) mass is 565 g/mol. The van der Waals surface area contributed by atoms with Crippen molar-refractivity contribution in [2.24, 2.45) is 0 Å². The van der Waals surface area contributed by atoms with E-state index < -0.39 is 24.5 Å². The molecule has 0 spiro atoms. The topological polar surface area (TPSA) is 73.9 Å². The van der Waals surface area contributed by atoms with Crippen LogP contribution >= 0.6 is 6.98 Å². The Kier molecular flexibility index (Phi) is 7.74. The van der Waals surface area contributed by atoms with Crippen molar-refractivity contribution in [3.63, 3.8) is 0 Å². The number of hydrogen-bond acceptors (Lipinski definition) is 6. The van der Waals surface area contributed by atoms with Crippen LogP contribution in [0.1, 0.15) is 11.1 Å². The summed E-state index contributed by atoms with van der Waals surface area (Å²) in [5.74, 6) is -1.37. The van der Waals surface area contributed by atoms with Crippen molar-refractivity contribution >= 4 is 29.5 Å². The van der Waals surface area contributed by atoms with Gasteiger partial charge in [-0.1, -0.05) is 0 Å². The summed E-state index contributed by atoms with van der Waals surface area (Å²) in [5.41, 5.74) is 0.199. The summed E-state index contributed by atoms with van der Waals surface area (Å²) in [6, 6.07) is 38.2. The Morgan fingerprint density at radius 3 is 1.51 bits per heavy atom. The normalized spacial score (nSPS) is 17.6. The number of nitrogens with one attached hydrogen (secondary N) is 1. The molecule has 0 saturated carbocycles. The van der Waals surface area contributed by atoms with Crippen LogP contribution in [0.4, 0.5) is 0 Å². The van der Waals surface area contributed by atoms with Crippen LogP contribution in [-0.2, 0) is 29.1 Å². The van der Waals surface area contributed by atoms with Crippen LogP contribution in [0, 0.1) is 0 Å². The second kappa shape index (κ2) is 11.3. The van der Waals surface area contributed by atoms with E-state index in [1.165, 1.54) is 14.2 Å². The number of ether oxygens (including phenoxy) is 2. The molecule has 1 N–H and O–H groups in total. The fraction of sp³-hybridized carbons (Fsp3) is 0.118. The molecule has 1 aliphatic heterocycles. The summed E-state index contributed by atoms with van der Waals surface area (Å²) in [6.45, 7) is -0.568. The van der Waals surface area contributed by atoms with Crippen molar-refractivity contribution in [3.05, 3.63) is 156 Å². The van der Waals surface area contributed by atoms with Crippen LogP contribution in [0.5, 0.6) is 0 Å². The predicted molar refractivity (Wildman–Crippen MR) is 163 cm³/mol. The summed E-state index contributed by atoms with van der Waals surface area (Å²) >= 11 is 0. The minimum atomic E-state index is -4.57. The molecule has 7 heteroatoms. The van der Waals surface area contributed by atoms with E-state index in [2.05, 4.69) is 11.7 Å². The summed E-state index contributed by atoms with van der Waals surface area (Å²) in [6.07, 6.45) is 1.64. The molecule has 0 saturated heterocycles. The molecule has 0 aliphatic carbocycles. The van der Waals surface area contributed by atoms with Gasteiger partial charge in [0.2, 0.25) is 0 Å². The Hall–Kier alpha value is -4.35. The Morgan fingerprint density at radius 1 is 0.707 bits per heavy atom. The number of esters is 2. The molecular weight excluding hydrogens is 533 g/mol. The Balaban J connectivity index is 2.12. The quantitative estimate of drug-likeness (QED) is 0.167. The minimum absolute atomic E-state index is 0.0726. The summed E-state index contributed by atoms with van der Waals surface area (Å²) in [5, 5.41) is 5.43. The molecule has 0 atom stereocenters. The van der Waals surface area contributed by atoms with E-state index >= 15 is 0 Å². The van der Waals surface area contributed by atoms with Crippen molar-refractivity contribution < 1.29 is 23.6 Å². The Bertz CT molecular complexity index is 1510. The molecule has 41 heavy (non-hydrogen) atoms. The molecule has 0 bridgehead atoms. The van der Waals surface area contributed by atoms with Crippen molar-refractivity contribution in [1.82, 2.24) is 5.09 Å². The van der Waals surface area contributed by atoms with E-state index in [0.29, 0.717) is 10.6 Å². The first-order valence-corrected chi connectivity index (χ1v) is 15.4. The van der Waals surface area contributed by atoms with E-state index in [1.54, 1.807) is 6.08 Å². The van der Waals surface area contributed by atoms with E-state index in [1.807, 2.05) is 121 Å². The Labute approximate surface area is 240 Å². The molecule has 4 aromatic rings. The Morgan fingerprint density at radius 2 is 1.12 bits per heavy atom. The third kappa shape index (κ3) is 4.15. The van der Waals surface area contributed by atoms with Gasteiger partial charge in [-0.05, 0) is 0 Å². The van der Waals surface area contributed by atoms with Crippen molar-refractivity contribution in [2.45, 2.75) is 5.54 Å². The van der Waals surface area contributed by atoms with Crippen LogP contribution in [0.15, 0.2) is 145 Å². The van der Waals surface area contributed by atoms with Gasteiger partial charge in [-0.15, -0.1) is 0 Å². The van der Waals surface area contributed by atoms with Gasteiger partial charge in [-0.2, -0.15) is 0 Å². The number of benzene rings is 4. The van der Waals surface area contributed by atoms with Crippen molar-refractivity contribution in [2.75, 3.05) is 20.8 Å². The van der Waals surface area contributed by atoms with Crippen LogP contribution in [0.2, 0.25) is 0 Å². The second-order valence-electron chi connectivity index (χ2n) is 9.59. The van der Waals surface area contributed by atoms with Gasteiger partial charge in [-0.3, -0.25) is 0 Å². The summed E-state index contributed by atoms with van der Waals surface area (Å²) in [4.78, 5) is 28.5. The maximum atomic E-state index is 14.3. The third-order valence-electron chi connectivity index (χ3n) is 7.55. The molecule has 0 radical (unpaired) electrons. The molecule has 4 aromatic carbocycles. The number of carbonyl (C=O) groups is 2. The zero-order valence-corrected chi connectivity index (χ0v) is 23.9. The number of hydrogen-bond donors (Lipinski definition) is 1. The predicted octanol–water partition coefficient (Wildman–Crippen LogP) is 5.37. The standard InChI is InChI=1S/C34H32NO5P/c1-4-25-40-41(28-21-13-7-14-22-28,29-23-15-8-16-24-29)31(33(37)39-3)30(32(36)38-2)34(35-41,26-17-9-5-10-18-26)27-19-11-6-12-20-27/h4-24,35H,1,25H2,2-3H3. The van der Waals surface area contributed by atoms with Crippen molar-refractivity contribution in [1.29, 1.82) is 0 Å². The molecule has 0 aromatic heterocycles. The maximum absolute atomic E-state index is 14.3. The van der Waals surface area contributed by atoms with Gasteiger partial charge in [0.1, 0.15) is 0 Å². The SMILES string of the molecule is C=CCOP1(c2ccccc2)(c2ccccc2)NC(c2ccccc2)(c2ccccc2)C(C(=O)OC)=C1C(=O)OC. The number of carbonyl (C=O) groups excluding carboxylic acids is 2. The zero-order valence-electron chi connectivity index (χ0n) is 23.0. The van der Waals surface area contributed by atoms with E-state index in [-0.39, 0.29) is 17.5 Å². The molecule has 6 nitrogen and oxygen atoms in total. The fourth-order valence-corrected chi connectivity index (χ4v) is 11.6. The number of methoxy groups -OCH3 is 2. The van der Waals surface area contributed by atoms with Gasteiger partial charge in [-0.25, -0.2) is 0 Å². The van der Waals surface area contributed by atoms with Crippen LogP contribution in [0.25, 0.3) is 0 Å². The second-order valence-corrected chi connectivity index (χ2v) is 13.6. The van der Waals surface area contributed by atoms with Crippen LogP contribution in [0.3, 0.4) is 0 Å². The first-order chi connectivity index (χ1) is 20.0. The van der Waals surface area contributed by atoms with E-state index in [4.69, 9.17) is 14.0 Å². The van der Waals surface area contributed by atoms with Gasteiger partial charge < -0.3 is 0 Å². The van der Waals surface area contributed by atoms with E-state index in [0.717, 1.165) is 11.1 Å². The van der Waals surface area contributed by atoms with Crippen LogP contribution < -0.4 is 15.7 Å². The molecule has 0 unspecified atom stereocenters. The van der Waals surface area contributed by atoms with Gasteiger partial charge in [0.25, 0.3) is 0 Å². The van der Waals surface area contributed by atoms with Crippen molar-refractivity contribution in [3.8, 4) is 0 Å². The average molecular weight is 566 g/mol. The summed E-state index contributed by atoms with van der Waals surface area (Å²) in [7, 11) is 2.62. The molecule has 1 aliphatic rings. The van der Waals surface area contributed by atoms with Gasteiger partial charge in [0.15, 0.2) is 0 Å². The molecular formula is C34H32NO5P. The fourth-order valence-electron chi connectivity index (χ4n) is 5.92. The first kappa shape index (κ1) is 28.2. The van der Waals surface area contributed by atoms with Gasteiger partial charge in [0, 0.05) is 0 Å². The zero-order chi connectivity index (χ0) is 29.0. The van der Waals surface area contributed by atoms with Gasteiger partial charge in [0.05, 0.1) is 0 Å². The molecule has 208 valence electrons. The average Bonchev–Trinajstić information content (AvgIpc) is 3.35. The molecule has 0 fully saturated rings. The molecule has 5 rings (SSSR count). The third-order valence-corrected chi connectivity index (χ3v) is 12.8. The number of rotatable bonds is 9.